The van der Waals surface area contributed by atoms with Gasteiger partial charge in [-0.2, -0.15) is 0 Å². The van der Waals surface area contributed by atoms with Crippen molar-refractivity contribution in [3.63, 3.8) is 0 Å². The van der Waals surface area contributed by atoms with Gasteiger partial charge in [0, 0.05) is 5.69 Å². The zero-order valence-corrected chi connectivity index (χ0v) is 7.67. The van der Waals surface area contributed by atoms with E-state index in [1.807, 2.05) is 11.3 Å². The summed E-state index contributed by atoms with van der Waals surface area (Å²) in [7, 11) is 0. The quantitative estimate of drug-likeness (QED) is 0.721. The second kappa shape index (κ2) is 2.53. The third kappa shape index (κ3) is 0.937. The minimum absolute atomic E-state index is 0.420. The molecule has 2 heterocycles. The molecular weight excluding hydrogens is 174 g/mol. The van der Waals surface area contributed by atoms with Crippen LogP contribution >= 0.6 is 11.3 Å². The summed E-state index contributed by atoms with van der Waals surface area (Å²) in [4.78, 5) is 1.79. The van der Waals surface area contributed by atoms with E-state index in [4.69, 9.17) is 0 Å². The van der Waals surface area contributed by atoms with Gasteiger partial charge in [0.15, 0.2) is 0 Å². The van der Waals surface area contributed by atoms with E-state index < -0.39 is 6.10 Å². The van der Waals surface area contributed by atoms with E-state index in [1.165, 1.54) is 11.3 Å². The average molecular weight is 183 g/mol. The predicted molar refractivity (Wildman–Crippen MR) is 46.2 cm³/mol. The van der Waals surface area contributed by atoms with Gasteiger partial charge in [-0.3, -0.25) is 4.40 Å². The van der Waals surface area contributed by atoms with Gasteiger partial charge >= 0.3 is 0 Å². The first-order chi connectivity index (χ1) is 5.70. The van der Waals surface area contributed by atoms with E-state index in [-0.39, 0.29) is 0 Å². The van der Waals surface area contributed by atoms with Crippen molar-refractivity contribution in [2.45, 2.75) is 20.0 Å². The lowest BCUT2D eigenvalue weighted by atomic mass is 10.3. The summed E-state index contributed by atoms with van der Waals surface area (Å²) in [5.41, 5.74) is 1.02. The number of aryl methyl sites for hydroxylation is 1. The molecule has 0 saturated heterocycles. The van der Waals surface area contributed by atoms with Gasteiger partial charge in [-0.15, -0.1) is 10.2 Å². The number of thiazole rings is 1. The second-order valence-electron chi connectivity index (χ2n) is 2.71. The highest BCUT2D eigenvalue weighted by Gasteiger charge is 2.12. The van der Waals surface area contributed by atoms with E-state index in [2.05, 4.69) is 10.2 Å². The molecule has 4 nitrogen and oxygen atoms in total. The summed E-state index contributed by atoms with van der Waals surface area (Å²) >= 11 is 1.48. The van der Waals surface area contributed by atoms with Gasteiger partial charge in [0.05, 0.1) is 11.0 Å². The number of hydrogen-bond acceptors (Lipinski definition) is 4. The molecule has 0 radical (unpaired) electrons. The van der Waals surface area contributed by atoms with Crippen LogP contribution in [0.1, 0.15) is 23.6 Å². The standard InChI is InChI=1S/C7H9N3OS/c1-4-6(5(2)11)12-7-9-8-3-10(4)7/h3,5,11H,1-2H3. The Morgan fingerprint density at radius 3 is 3.00 bits per heavy atom. The summed E-state index contributed by atoms with van der Waals surface area (Å²) < 4.78 is 1.88. The Hall–Kier alpha value is -0.940. The van der Waals surface area contributed by atoms with Gasteiger partial charge < -0.3 is 5.11 Å². The molecule has 1 unspecified atom stereocenters. The Bertz CT molecular complexity index is 404. The summed E-state index contributed by atoms with van der Waals surface area (Å²) in [5.74, 6) is 0. The molecule has 0 bridgehead atoms. The maximum atomic E-state index is 9.37. The lowest BCUT2D eigenvalue weighted by Crippen LogP contribution is -1.91. The van der Waals surface area contributed by atoms with Gasteiger partial charge in [0.2, 0.25) is 4.96 Å². The van der Waals surface area contributed by atoms with E-state index in [0.717, 1.165) is 15.5 Å². The summed E-state index contributed by atoms with van der Waals surface area (Å²) in [5, 5.41) is 17.0. The predicted octanol–water partition coefficient (Wildman–Crippen LogP) is 1.15. The lowest BCUT2D eigenvalue weighted by molar-refractivity contribution is 0.202. The van der Waals surface area contributed by atoms with Gasteiger partial charge in [0.25, 0.3) is 0 Å². The molecule has 0 amide bonds. The Kier molecular flexibility index (Phi) is 1.62. The molecule has 0 aromatic carbocycles. The zero-order valence-electron chi connectivity index (χ0n) is 6.85. The van der Waals surface area contributed by atoms with Gasteiger partial charge in [0.1, 0.15) is 6.33 Å². The molecule has 5 heteroatoms. The van der Waals surface area contributed by atoms with Crippen molar-refractivity contribution < 1.29 is 5.11 Å². The van der Waals surface area contributed by atoms with E-state index in [0.29, 0.717) is 0 Å². The molecule has 0 aliphatic rings. The van der Waals surface area contributed by atoms with Crippen molar-refractivity contribution in [2.75, 3.05) is 0 Å². The normalized spacial score (nSPS) is 13.9. The summed E-state index contributed by atoms with van der Waals surface area (Å²) in [6, 6.07) is 0. The first-order valence-corrected chi connectivity index (χ1v) is 4.49. The van der Waals surface area contributed by atoms with Crippen LogP contribution in [0.4, 0.5) is 0 Å². The van der Waals surface area contributed by atoms with Crippen molar-refractivity contribution >= 4 is 16.3 Å². The second-order valence-corrected chi connectivity index (χ2v) is 3.72. The Balaban J connectivity index is 2.70. The lowest BCUT2D eigenvalue weighted by Gasteiger charge is -1.99. The van der Waals surface area contributed by atoms with E-state index in [1.54, 1.807) is 13.3 Å². The summed E-state index contributed by atoms with van der Waals surface area (Å²) in [6.45, 7) is 3.71. The van der Waals surface area contributed by atoms with Crippen molar-refractivity contribution in [1.29, 1.82) is 0 Å². The molecule has 12 heavy (non-hydrogen) atoms. The molecule has 0 fully saturated rings. The number of hydrogen-bond donors (Lipinski definition) is 1. The number of aliphatic hydroxyl groups is 1. The van der Waals surface area contributed by atoms with Crippen LogP contribution in [0.5, 0.6) is 0 Å². The first kappa shape index (κ1) is 7.70. The molecule has 0 aliphatic carbocycles. The average Bonchev–Trinajstić information content (AvgIpc) is 2.53. The molecule has 64 valence electrons. The molecule has 2 aromatic heterocycles. The minimum Gasteiger partial charge on any atom is -0.388 e. The Morgan fingerprint density at radius 2 is 2.42 bits per heavy atom. The van der Waals surface area contributed by atoms with Crippen LogP contribution < -0.4 is 0 Å². The number of aliphatic hydroxyl groups excluding tert-OH is 1. The van der Waals surface area contributed by atoms with Crippen LogP contribution in [0.3, 0.4) is 0 Å². The van der Waals surface area contributed by atoms with Crippen molar-refractivity contribution in [3.05, 3.63) is 16.9 Å². The van der Waals surface area contributed by atoms with E-state index in [9.17, 15) is 5.11 Å². The maximum Gasteiger partial charge on any atom is 0.216 e. The van der Waals surface area contributed by atoms with Crippen LogP contribution in [-0.2, 0) is 0 Å². The van der Waals surface area contributed by atoms with Gasteiger partial charge in [-0.25, -0.2) is 0 Å². The van der Waals surface area contributed by atoms with Crippen LogP contribution in [0, 0.1) is 6.92 Å². The molecule has 2 rings (SSSR count). The van der Waals surface area contributed by atoms with Crippen molar-refractivity contribution in [2.24, 2.45) is 0 Å². The highest BCUT2D eigenvalue weighted by Crippen LogP contribution is 2.26. The fourth-order valence-corrected chi connectivity index (χ4v) is 2.19. The molecule has 0 saturated carbocycles. The Morgan fingerprint density at radius 1 is 1.67 bits per heavy atom. The van der Waals surface area contributed by atoms with Gasteiger partial charge in [-0.1, -0.05) is 11.3 Å². The van der Waals surface area contributed by atoms with E-state index >= 15 is 0 Å². The fourth-order valence-electron chi connectivity index (χ4n) is 1.20. The zero-order chi connectivity index (χ0) is 8.72. The summed E-state index contributed by atoms with van der Waals surface area (Å²) in [6.07, 6.45) is 1.24. The highest BCUT2D eigenvalue weighted by molar-refractivity contribution is 7.17. The third-order valence-corrected chi connectivity index (χ3v) is 3.13. The molecule has 1 N–H and O–H groups in total. The number of aromatic nitrogens is 3. The fraction of sp³-hybridized carbons (Fsp3) is 0.429. The van der Waals surface area contributed by atoms with Crippen LogP contribution in [0.15, 0.2) is 6.33 Å². The van der Waals surface area contributed by atoms with Crippen LogP contribution in [0.2, 0.25) is 0 Å². The monoisotopic (exact) mass is 183 g/mol. The SMILES string of the molecule is Cc1c(C(C)O)sc2nncn12. The molecule has 1 atom stereocenters. The molecule has 0 aliphatic heterocycles. The molecular formula is C7H9N3OS. The highest BCUT2D eigenvalue weighted by atomic mass is 32.1. The third-order valence-electron chi connectivity index (χ3n) is 1.82. The number of fused-ring (bicyclic) bond motifs is 1. The topological polar surface area (TPSA) is 50.4 Å². The molecule has 2 aromatic rings. The van der Waals surface area contributed by atoms with Crippen LogP contribution in [-0.4, -0.2) is 19.7 Å². The van der Waals surface area contributed by atoms with Crippen molar-refractivity contribution in [1.82, 2.24) is 14.6 Å². The largest absolute Gasteiger partial charge is 0.388 e. The van der Waals surface area contributed by atoms with Gasteiger partial charge in [-0.05, 0) is 13.8 Å². The maximum absolute atomic E-state index is 9.37. The number of rotatable bonds is 1. The van der Waals surface area contributed by atoms with Crippen molar-refractivity contribution in [3.8, 4) is 0 Å². The number of nitrogens with zero attached hydrogens (tertiary/aromatic N) is 3. The Labute approximate surface area is 73.5 Å². The minimum atomic E-state index is -0.420. The smallest absolute Gasteiger partial charge is 0.216 e. The first-order valence-electron chi connectivity index (χ1n) is 3.67. The molecule has 0 spiro atoms. The van der Waals surface area contributed by atoms with Crippen LogP contribution in [0.25, 0.3) is 4.96 Å².